The van der Waals surface area contributed by atoms with E-state index in [0.717, 1.165) is 11.3 Å². The maximum Gasteiger partial charge on any atom is 0.341 e. The predicted octanol–water partition coefficient (Wildman–Crippen LogP) is 4.38. The van der Waals surface area contributed by atoms with Crippen molar-refractivity contribution in [2.45, 2.75) is 27.3 Å². The van der Waals surface area contributed by atoms with E-state index in [1.54, 1.807) is 18.0 Å². The molecule has 0 saturated heterocycles. The smallest absolute Gasteiger partial charge is 0.341 e. The molecule has 0 aliphatic heterocycles. The summed E-state index contributed by atoms with van der Waals surface area (Å²) in [6, 6.07) is 9.69. The van der Waals surface area contributed by atoms with E-state index < -0.39 is 5.97 Å². The molecule has 0 unspecified atom stereocenters. The van der Waals surface area contributed by atoms with Crippen molar-refractivity contribution in [3.05, 3.63) is 64.3 Å². The molecule has 0 atom stereocenters. The number of hydrogen-bond donors (Lipinski definition) is 2. The van der Waals surface area contributed by atoms with Gasteiger partial charge in [-0.25, -0.2) is 4.79 Å². The Kier molecular flexibility index (Phi) is 8.18. The van der Waals surface area contributed by atoms with E-state index in [9.17, 15) is 9.59 Å². The number of aromatic nitrogens is 2. The Balaban J connectivity index is 1.80. The van der Waals surface area contributed by atoms with Crippen LogP contribution in [0.15, 0.2) is 42.7 Å². The zero-order chi connectivity index (χ0) is 24.0. The van der Waals surface area contributed by atoms with Crippen LogP contribution in [0.2, 0.25) is 0 Å². The van der Waals surface area contributed by atoms with Crippen LogP contribution < -0.4 is 10.6 Å². The summed E-state index contributed by atoms with van der Waals surface area (Å²) in [6.45, 7) is 7.39. The number of methoxy groups -OCH3 is 1. The zero-order valence-corrected chi connectivity index (χ0v) is 20.7. The number of amides is 1. The number of thiocarbonyl (C=S) groups is 1. The molecule has 33 heavy (non-hydrogen) atoms. The number of carbonyl (C=O) groups is 2. The van der Waals surface area contributed by atoms with Crippen molar-refractivity contribution in [3.8, 4) is 0 Å². The van der Waals surface area contributed by atoms with Crippen molar-refractivity contribution in [1.82, 2.24) is 14.7 Å². The second-order valence-corrected chi connectivity index (χ2v) is 8.64. The fourth-order valence-corrected chi connectivity index (χ4v) is 4.85. The number of nitrogens with zero attached hydrogens (tertiary/aromatic N) is 3. The number of thiophene rings is 1. The van der Waals surface area contributed by atoms with Crippen LogP contribution in [0.5, 0.6) is 0 Å². The van der Waals surface area contributed by atoms with Gasteiger partial charge in [0, 0.05) is 31.2 Å². The van der Waals surface area contributed by atoms with Gasteiger partial charge in [-0.2, -0.15) is 5.10 Å². The zero-order valence-electron chi connectivity index (χ0n) is 19.0. The minimum Gasteiger partial charge on any atom is -0.465 e. The van der Waals surface area contributed by atoms with E-state index in [1.165, 1.54) is 18.4 Å². The van der Waals surface area contributed by atoms with Crippen molar-refractivity contribution < 1.29 is 14.3 Å². The fourth-order valence-electron chi connectivity index (χ4n) is 3.40. The minimum absolute atomic E-state index is 0.120. The van der Waals surface area contributed by atoms with E-state index in [-0.39, 0.29) is 5.91 Å². The lowest BCUT2D eigenvalue weighted by Crippen LogP contribution is -2.30. The summed E-state index contributed by atoms with van der Waals surface area (Å²) in [5.41, 5.74) is 2.75. The standard InChI is InChI=1S/C23H27N5O3S2/c1-5-27(6-2)21(29)19-15(3)18(22(30)31-4)20(33-19)26-23(32)25-17-10-7-9-16(13-17)14-28-12-8-11-24-28/h7-13H,5-6,14H2,1-4H3,(H2,25,26,32). The second kappa shape index (κ2) is 11.1. The number of anilines is 2. The summed E-state index contributed by atoms with van der Waals surface area (Å²) in [5.74, 6) is -0.639. The molecule has 2 heterocycles. The Morgan fingerprint density at radius 1 is 1.21 bits per heavy atom. The van der Waals surface area contributed by atoms with Crippen molar-refractivity contribution in [1.29, 1.82) is 0 Å². The van der Waals surface area contributed by atoms with E-state index >= 15 is 0 Å². The summed E-state index contributed by atoms with van der Waals surface area (Å²) in [4.78, 5) is 27.6. The maximum atomic E-state index is 12.9. The Hall–Kier alpha value is -3.24. The highest BCUT2D eigenvalue weighted by atomic mass is 32.1. The summed E-state index contributed by atoms with van der Waals surface area (Å²) >= 11 is 6.69. The van der Waals surface area contributed by atoms with Gasteiger partial charge in [0.15, 0.2) is 5.11 Å². The molecular weight excluding hydrogens is 458 g/mol. The van der Waals surface area contributed by atoms with Crippen LogP contribution in [0, 0.1) is 6.92 Å². The SMILES string of the molecule is CCN(CC)C(=O)c1sc(NC(=S)Nc2cccc(Cn3cccn3)c2)c(C(=O)OC)c1C. The largest absolute Gasteiger partial charge is 0.465 e. The van der Waals surface area contributed by atoms with E-state index in [4.69, 9.17) is 17.0 Å². The molecule has 8 nitrogen and oxygen atoms in total. The van der Waals surface area contributed by atoms with Crippen LogP contribution in [0.1, 0.15) is 45.0 Å². The van der Waals surface area contributed by atoms with Crippen LogP contribution in [-0.4, -0.2) is 51.9 Å². The van der Waals surface area contributed by atoms with E-state index in [1.807, 2.05) is 55.1 Å². The molecule has 1 amide bonds. The Bertz CT molecular complexity index is 1140. The summed E-state index contributed by atoms with van der Waals surface area (Å²) < 4.78 is 6.79. The number of benzene rings is 1. The molecule has 0 saturated carbocycles. The molecule has 10 heteroatoms. The van der Waals surface area contributed by atoms with Crippen molar-refractivity contribution in [3.63, 3.8) is 0 Å². The van der Waals surface area contributed by atoms with E-state index in [0.29, 0.717) is 45.8 Å². The molecule has 0 aliphatic carbocycles. The molecule has 2 N–H and O–H groups in total. The molecule has 3 aromatic rings. The van der Waals surface area contributed by atoms with Gasteiger partial charge in [0.2, 0.25) is 0 Å². The van der Waals surface area contributed by atoms with Crippen LogP contribution in [0.3, 0.4) is 0 Å². The molecule has 174 valence electrons. The van der Waals surface area contributed by atoms with Gasteiger partial charge in [0.25, 0.3) is 5.91 Å². The topological polar surface area (TPSA) is 88.5 Å². The first-order valence-corrected chi connectivity index (χ1v) is 11.8. The van der Waals surface area contributed by atoms with Crippen molar-refractivity contribution >= 4 is 51.2 Å². The van der Waals surface area contributed by atoms with Gasteiger partial charge >= 0.3 is 5.97 Å². The van der Waals surface area contributed by atoms with Crippen LogP contribution in [-0.2, 0) is 11.3 Å². The highest BCUT2D eigenvalue weighted by molar-refractivity contribution is 7.80. The molecule has 0 aliphatic rings. The average Bonchev–Trinajstić information content (AvgIpc) is 3.41. The molecule has 1 aromatic carbocycles. The van der Waals surface area contributed by atoms with Crippen LogP contribution >= 0.6 is 23.6 Å². The van der Waals surface area contributed by atoms with Gasteiger partial charge in [-0.15, -0.1) is 11.3 Å². The highest BCUT2D eigenvalue weighted by Crippen LogP contribution is 2.34. The van der Waals surface area contributed by atoms with Gasteiger partial charge in [-0.05, 0) is 62.3 Å². The first-order valence-electron chi connectivity index (χ1n) is 10.5. The van der Waals surface area contributed by atoms with Crippen LogP contribution in [0.4, 0.5) is 10.7 Å². The Morgan fingerprint density at radius 2 is 1.97 bits per heavy atom. The first kappa shape index (κ1) is 24.4. The van der Waals surface area contributed by atoms with Gasteiger partial charge in [0.1, 0.15) is 5.00 Å². The number of esters is 1. The summed E-state index contributed by atoms with van der Waals surface area (Å²) in [6.07, 6.45) is 3.64. The molecule has 3 rings (SSSR count). The monoisotopic (exact) mass is 485 g/mol. The number of rotatable bonds is 8. The Labute approximate surface area is 202 Å². The molecule has 0 bridgehead atoms. The highest BCUT2D eigenvalue weighted by Gasteiger charge is 2.27. The summed E-state index contributed by atoms with van der Waals surface area (Å²) in [5, 5.41) is 11.2. The number of hydrogen-bond acceptors (Lipinski definition) is 6. The molecule has 0 spiro atoms. The van der Waals surface area contributed by atoms with Gasteiger partial charge in [-0.3, -0.25) is 9.48 Å². The lowest BCUT2D eigenvalue weighted by molar-refractivity contribution is 0.0601. The second-order valence-electron chi connectivity index (χ2n) is 7.21. The number of ether oxygens (including phenoxy) is 1. The third-order valence-electron chi connectivity index (χ3n) is 5.10. The third-order valence-corrected chi connectivity index (χ3v) is 6.50. The van der Waals surface area contributed by atoms with Gasteiger partial charge in [-0.1, -0.05) is 12.1 Å². The normalized spacial score (nSPS) is 10.5. The lowest BCUT2D eigenvalue weighted by atomic mass is 10.1. The molecule has 0 radical (unpaired) electrons. The minimum atomic E-state index is -0.520. The predicted molar refractivity (Wildman–Crippen MR) is 135 cm³/mol. The Morgan fingerprint density at radius 3 is 2.61 bits per heavy atom. The third kappa shape index (κ3) is 5.77. The average molecular weight is 486 g/mol. The summed E-state index contributed by atoms with van der Waals surface area (Å²) in [7, 11) is 1.32. The molecule has 2 aromatic heterocycles. The number of carbonyl (C=O) groups excluding carboxylic acids is 2. The molecule has 0 fully saturated rings. The maximum absolute atomic E-state index is 12.9. The first-order chi connectivity index (χ1) is 15.9. The van der Waals surface area contributed by atoms with Gasteiger partial charge < -0.3 is 20.3 Å². The number of nitrogens with one attached hydrogen (secondary N) is 2. The quantitative estimate of drug-likeness (QED) is 0.362. The van der Waals surface area contributed by atoms with Gasteiger partial charge in [0.05, 0.1) is 24.1 Å². The lowest BCUT2D eigenvalue weighted by Gasteiger charge is -2.18. The fraction of sp³-hybridized carbons (Fsp3) is 0.304. The van der Waals surface area contributed by atoms with Crippen molar-refractivity contribution in [2.75, 3.05) is 30.8 Å². The van der Waals surface area contributed by atoms with E-state index in [2.05, 4.69) is 15.7 Å². The van der Waals surface area contributed by atoms with Crippen molar-refractivity contribution in [2.24, 2.45) is 0 Å². The molecular formula is C23H27N5O3S2. The van der Waals surface area contributed by atoms with Crippen LogP contribution in [0.25, 0.3) is 0 Å².